The van der Waals surface area contributed by atoms with Gasteiger partial charge in [-0.25, -0.2) is 0 Å². The van der Waals surface area contributed by atoms with Gasteiger partial charge < -0.3 is 5.32 Å². The van der Waals surface area contributed by atoms with Crippen LogP contribution in [0, 0.1) is 6.92 Å². The minimum Gasteiger partial charge on any atom is -0.325 e. The summed E-state index contributed by atoms with van der Waals surface area (Å²) in [4.78, 5) is 12.3. The Balaban J connectivity index is 1.72. The summed E-state index contributed by atoms with van der Waals surface area (Å²) in [7, 11) is 0. The van der Waals surface area contributed by atoms with Crippen molar-refractivity contribution in [2.45, 2.75) is 25.4 Å². The molecule has 0 saturated carbocycles. The molecule has 0 aliphatic carbocycles. The second kappa shape index (κ2) is 7.98. The summed E-state index contributed by atoms with van der Waals surface area (Å²) in [5.74, 6) is 1.11. The van der Waals surface area contributed by atoms with Crippen molar-refractivity contribution in [1.29, 1.82) is 0 Å². The van der Waals surface area contributed by atoms with Crippen LogP contribution in [0.5, 0.6) is 0 Å². The van der Waals surface area contributed by atoms with E-state index in [1.54, 1.807) is 0 Å². The van der Waals surface area contributed by atoms with Crippen LogP contribution in [0.4, 0.5) is 5.69 Å². The molecule has 6 heteroatoms. The smallest absolute Gasteiger partial charge is 0.234 e. The summed E-state index contributed by atoms with van der Waals surface area (Å²) < 4.78 is 2.01. The molecule has 128 valence electrons. The number of nitrogens with zero attached hydrogens (tertiary/aromatic N) is 3. The van der Waals surface area contributed by atoms with Gasteiger partial charge >= 0.3 is 0 Å². The maximum absolute atomic E-state index is 12.3. The van der Waals surface area contributed by atoms with Gasteiger partial charge in [0.2, 0.25) is 5.91 Å². The standard InChI is InChI=1S/C19H20N4OS/c1-3-17-21-22-19(23(17)15-10-5-4-6-11-15)25-13-18(24)20-16-12-8-7-9-14(16)2/h4-12H,3,13H2,1-2H3,(H,20,24). The number of hydrogen-bond donors (Lipinski definition) is 1. The predicted molar refractivity (Wildman–Crippen MR) is 101 cm³/mol. The number of rotatable bonds is 6. The normalized spacial score (nSPS) is 10.6. The number of para-hydroxylation sites is 2. The summed E-state index contributed by atoms with van der Waals surface area (Å²) in [5, 5.41) is 12.2. The lowest BCUT2D eigenvalue weighted by atomic mass is 10.2. The van der Waals surface area contributed by atoms with Crippen molar-refractivity contribution in [3.63, 3.8) is 0 Å². The molecule has 1 heterocycles. The second-order valence-electron chi connectivity index (χ2n) is 5.58. The van der Waals surface area contributed by atoms with E-state index in [0.29, 0.717) is 0 Å². The van der Waals surface area contributed by atoms with Gasteiger partial charge in [0.1, 0.15) is 5.82 Å². The molecule has 25 heavy (non-hydrogen) atoms. The number of hydrogen-bond acceptors (Lipinski definition) is 4. The molecule has 0 saturated heterocycles. The maximum atomic E-state index is 12.3. The summed E-state index contributed by atoms with van der Waals surface area (Å²) in [6.45, 7) is 4.02. The van der Waals surface area contributed by atoms with E-state index in [9.17, 15) is 4.79 Å². The molecule has 2 aromatic carbocycles. The van der Waals surface area contributed by atoms with E-state index >= 15 is 0 Å². The van der Waals surface area contributed by atoms with Crippen molar-refractivity contribution in [2.75, 3.05) is 11.1 Å². The Morgan fingerprint density at radius 1 is 1.08 bits per heavy atom. The van der Waals surface area contributed by atoms with E-state index < -0.39 is 0 Å². The number of aryl methyl sites for hydroxylation is 2. The zero-order chi connectivity index (χ0) is 17.6. The van der Waals surface area contributed by atoms with Crippen molar-refractivity contribution >= 4 is 23.4 Å². The molecule has 0 aliphatic rings. The molecule has 0 aliphatic heterocycles. The van der Waals surface area contributed by atoms with Crippen LogP contribution < -0.4 is 5.32 Å². The Kier molecular flexibility index (Phi) is 5.50. The number of amides is 1. The number of aromatic nitrogens is 3. The van der Waals surface area contributed by atoms with Gasteiger partial charge in [-0.2, -0.15) is 0 Å². The first-order valence-electron chi connectivity index (χ1n) is 8.17. The number of carbonyl (C=O) groups excluding carboxylic acids is 1. The van der Waals surface area contributed by atoms with E-state index in [-0.39, 0.29) is 11.7 Å². The van der Waals surface area contributed by atoms with Crippen molar-refractivity contribution < 1.29 is 4.79 Å². The van der Waals surface area contributed by atoms with E-state index in [2.05, 4.69) is 15.5 Å². The van der Waals surface area contributed by atoms with Crippen molar-refractivity contribution in [1.82, 2.24) is 14.8 Å². The SMILES string of the molecule is CCc1nnc(SCC(=O)Nc2ccccc2C)n1-c1ccccc1. The lowest BCUT2D eigenvalue weighted by Gasteiger charge is -2.10. The number of anilines is 1. The van der Waals surface area contributed by atoms with Crippen LogP contribution in [-0.2, 0) is 11.2 Å². The fraction of sp³-hybridized carbons (Fsp3) is 0.211. The Labute approximate surface area is 151 Å². The highest BCUT2D eigenvalue weighted by atomic mass is 32.2. The third-order valence-electron chi connectivity index (χ3n) is 3.78. The van der Waals surface area contributed by atoms with Crippen LogP contribution >= 0.6 is 11.8 Å². The first-order chi connectivity index (χ1) is 12.2. The molecule has 0 radical (unpaired) electrons. The lowest BCUT2D eigenvalue weighted by Crippen LogP contribution is -2.15. The molecule has 5 nitrogen and oxygen atoms in total. The predicted octanol–water partition coefficient (Wildman–Crippen LogP) is 3.87. The van der Waals surface area contributed by atoms with Gasteiger partial charge in [0.25, 0.3) is 0 Å². The minimum atomic E-state index is -0.0556. The number of thioether (sulfide) groups is 1. The molecule has 0 fully saturated rings. The van der Waals surface area contributed by atoms with E-state index in [1.807, 2.05) is 73.0 Å². The largest absolute Gasteiger partial charge is 0.325 e. The fourth-order valence-corrected chi connectivity index (χ4v) is 3.26. The quantitative estimate of drug-likeness (QED) is 0.684. The molecule has 3 rings (SSSR count). The van der Waals surface area contributed by atoms with Gasteiger partial charge in [0, 0.05) is 17.8 Å². The Morgan fingerprint density at radius 2 is 1.80 bits per heavy atom. The van der Waals surface area contributed by atoms with Crippen LogP contribution in [0.15, 0.2) is 59.8 Å². The van der Waals surface area contributed by atoms with Crippen LogP contribution in [0.1, 0.15) is 18.3 Å². The van der Waals surface area contributed by atoms with Gasteiger partial charge in [-0.05, 0) is 30.7 Å². The molecule has 1 amide bonds. The lowest BCUT2D eigenvalue weighted by molar-refractivity contribution is -0.113. The molecule has 1 N–H and O–H groups in total. The molecule has 3 aromatic rings. The van der Waals surface area contributed by atoms with Crippen LogP contribution in [0.25, 0.3) is 5.69 Å². The first kappa shape index (κ1) is 17.2. The van der Waals surface area contributed by atoms with E-state index in [4.69, 9.17) is 0 Å². The third kappa shape index (κ3) is 4.09. The molecule has 0 spiro atoms. The van der Waals surface area contributed by atoms with Crippen molar-refractivity contribution in [2.24, 2.45) is 0 Å². The highest BCUT2D eigenvalue weighted by molar-refractivity contribution is 7.99. The average molecular weight is 352 g/mol. The maximum Gasteiger partial charge on any atom is 0.234 e. The Morgan fingerprint density at radius 3 is 2.52 bits per heavy atom. The van der Waals surface area contributed by atoms with Crippen molar-refractivity contribution in [3.8, 4) is 5.69 Å². The topological polar surface area (TPSA) is 59.8 Å². The first-order valence-corrected chi connectivity index (χ1v) is 9.15. The zero-order valence-corrected chi connectivity index (χ0v) is 15.1. The summed E-state index contributed by atoms with van der Waals surface area (Å²) in [6.07, 6.45) is 0.776. The number of carbonyl (C=O) groups is 1. The van der Waals surface area contributed by atoms with Crippen LogP contribution in [0.3, 0.4) is 0 Å². The number of benzene rings is 2. The van der Waals surface area contributed by atoms with Gasteiger partial charge in [-0.15, -0.1) is 10.2 Å². The Bertz CT molecular complexity index is 861. The van der Waals surface area contributed by atoms with E-state index in [0.717, 1.165) is 34.3 Å². The minimum absolute atomic E-state index is 0.0556. The Hall–Kier alpha value is -2.60. The van der Waals surface area contributed by atoms with Gasteiger partial charge in [-0.3, -0.25) is 9.36 Å². The highest BCUT2D eigenvalue weighted by Gasteiger charge is 2.14. The molecule has 0 unspecified atom stereocenters. The molecule has 1 aromatic heterocycles. The highest BCUT2D eigenvalue weighted by Crippen LogP contribution is 2.23. The molecular formula is C19H20N4OS. The van der Waals surface area contributed by atoms with Gasteiger partial charge in [0.15, 0.2) is 5.16 Å². The third-order valence-corrected chi connectivity index (χ3v) is 4.71. The zero-order valence-electron chi connectivity index (χ0n) is 14.3. The molecule has 0 atom stereocenters. The van der Waals surface area contributed by atoms with Gasteiger partial charge in [0.05, 0.1) is 5.75 Å². The second-order valence-corrected chi connectivity index (χ2v) is 6.52. The van der Waals surface area contributed by atoms with Crippen molar-refractivity contribution in [3.05, 3.63) is 66.0 Å². The fourth-order valence-electron chi connectivity index (χ4n) is 2.49. The monoisotopic (exact) mass is 352 g/mol. The van der Waals surface area contributed by atoms with E-state index in [1.165, 1.54) is 11.8 Å². The van der Waals surface area contributed by atoms with Crippen LogP contribution in [0.2, 0.25) is 0 Å². The van der Waals surface area contributed by atoms with Crippen LogP contribution in [-0.4, -0.2) is 26.4 Å². The molecule has 0 bridgehead atoms. The molecular weight excluding hydrogens is 332 g/mol. The average Bonchev–Trinajstić information content (AvgIpc) is 3.05. The summed E-state index contributed by atoms with van der Waals surface area (Å²) >= 11 is 1.39. The summed E-state index contributed by atoms with van der Waals surface area (Å²) in [6, 6.07) is 17.7. The summed E-state index contributed by atoms with van der Waals surface area (Å²) in [5.41, 5.74) is 2.89. The number of nitrogens with one attached hydrogen (secondary N) is 1. The van der Waals surface area contributed by atoms with Gasteiger partial charge in [-0.1, -0.05) is 55.1 Å².